The van der Waals surface area contributed by atoms with Crippen molar-refractivity contribution in [2.45, 2.75) is 25.8 Å². The molecule has 3 aromatic carbocycles. The molecule has 6 nitrogen and oxygen atoms in total. The average molecular weight is 542 g/mol. The van der Waals surface area contributed by atoms with Crippen molar-refractivity contribution < 1.29 is 18.0 Å². The highest BCUT2D eigenvalue weighted by atomic mass is 19.2. The summed E-state index contributed by atoms with van der Waals surface area (Å²) in [6.07, 6.45) is 4.90. The van der Waals surface area contributed by atoms with Gasteiger partial charge in [-0.25, -0.2) is 13.2 Å². The lowest BCUT2D eigenvalue weighted by Gasteiger charge is -2.26. The van der Waals surface area contributed by atoms with E-state index in [0.717, 1.165) is 31.5 Å². The molecule has 0 radical (unpaired) electrons. The van der Waals surface area contributed by atoms with Crippen LogP contribution in [0.4, 0.5) is 18.9 Å². The van der Waals surface area contributed by atoms with E-state index in [9.17, 15) is 18.0 Å². The molecule has 1 saturated heterocycles. The Morgan fingerprint density at radius 3 is 2.42 bits per heavy atom. The van der Waals surface area contributed by atoms with Crippen LogP contribution in [0.1, 0.15) is 35.3 Å². The van der Waals surface area contributed by atoms with Crippen LogP contribution in [0.15, 0.2) is 72.9 Å². The van der Waals surface area contributed by atoms with Crippen molar-refractivity contribution in [3.63, 3.8) is 0 Å². The number of rotatable bonds is 6. The van der Waals surface area contributed by atoms with Crippen LogP contribution in [0.3, 0.4) is 0 Å². The van der Waals surface area contributed by atoms with Gasteiger partial charge < -0.3 is 5.32 Å². The number of amides is 1. The molecule has 6 rings (SSSR count). The number of carbonyl (C=O) groups is 1. The number of nitrogens with zero attached hydrogens (tertiary/aromatic N) is 3. The van der Waals surface area contributed by atoms with E-state index in [1.54, 1.807) is 48.5 Å². The number of anilines is 1. The Balaban J connectivity index is 1.25. The van der Waals surface area contributed by atoms with Crippen molar-refractivity contribution in [2.24, 2.45) is 0 Å². The van der Waals surface area contributed by atoms with E-state index in [0.29, 0.717) is 40.0 Å². The minimum absolute atomic E-state index is 0.116. The van der Waals surface area contributed by atoms with Crippen LogP contribution >= 0.6 is 0 Å². The number of piperidine rings is 1. The molecule has 1 fully saturated rings. The van der Waals surface area contributed by atoms with Gasteiger partial charge >= 0.3 is 0 Å². The molecule has 0 unspecified atom stereocenters. The Kier molecular flexibility index (Phi) is 7.04. The fraction of sp³-hybridized carbons (Fsp3) is 0.194. The van der Waals surface area contributed by atoms with E-state index in [1.165, 1.54) is 30.8 Å². The normalized spacial score (nSPS) is 14.0. The molecule has 3 heterocycles. The standard InChI is InChI=1S/C31H26F3N5O/c32-22-7-4-20(5-8-22)27-11-9-23(17-35-27)36-31(40)30-25-16-21(6-10-28(25)37-38-30)24-14-19(15-26(33)29(24)34)18-39-12-2-1-3-13-39/h4-11,14-17H,1-3,12-13,18H2,(H,36,40)(H,37,38). The lowest BCUT2D eigenvalue weighted by Crippen LogP contribution is -2.29. The van der Waals surface area contributed by atoms with Crippen LogP contribution in [0.5, 0.6) is 0 Å². The highest BCUT2D eigenvalue weighted by Gasteiger charge is 2.19. The number of likely N-dealkylation sites (tertiary alicyclic amines) is 1. The third-order valence-electron chi connectivity index (χ3n) is 7.19. The maximum Gasteiger partial charge on any atom is 0.276 e. The van der Waals surface area contributed by atoms with Gasteiger partial charge in [-0.1, -0.05) is 12.5 Å². The van der Waals surface area contributed by atoms with Crippen LogP contribution in [-0.4, -0.2) is 39.1 Å². The van der Waals surface area contributed by atoms with Crippen LogP contribution in [0.2, 0.25) is 0 Å². The number of fused-ring (bicyclic) bond motifs is 1. The molecule has 2 aromatic heterocycles. The van der Waals surface area contributed by atoms with Crippen molar-refractivity contribution in [1.82, 2.24) is 20.1 Å². The number of hydrogen-bond acceptors (Lipinski definition) is 4. The summed E-state index contributed by atoms with van der Waals surface area (Å²) < 4.78 is 42.8. The average Bonchev–Trinajstić information content (AvgIpc) is 3.40. The number of benzene rings is 3. The van der Waals surface area contributed by atoms with E-state index in [1.807, 2.05) is 0 Å². The summed E-state index contributed by atoms with van der Waals surface area (Å²) >= 11 is 0. The summed E-state index contributed by atoms with van der Waals surface area (Å²) in [5.74, 6) is -2.64. The smallest absolute Gasteiger partial charge is 0.276 e. The van der Waals surface area contributed by atoms with Crippen molar-refractivity contribution >= 4 is 22.5 Å². The van der Waals surface area contributed by atoms with Crippen molar-refractivity contribution in [1.29, 1.82) is 0 Å². The molecular weight excluding hydrogens is 515 g/mol. The Bertz CT molecular complexity index is 1680. The fourth-order valence-electron chi connectivity index (χ4n) is 5.13. The molecule has 9 heteroatoms. The molecule has 1 amide bonds. The zero-order valence-electron chi connectivity index (χ0n) is 21.6. The van der Waals surface area contributed by atoms with Crippen LogP contribution in [0.25, 0.3) is 33.3 Å². The summed E-state index contributed by atoms with van der Waals surface area (Å²) in [4.78, 5) is 19.7. The van der Waals surface area contributed by atoms with Gasteiger partial charge in [0.05, 0.1) is 23.1 Å². The van der Waals surface area contributed by atoms with Gasteiger partial charge in [-0.15, -0.1) is 0 Å². The molecule has 0 spiro atoms. The number of nitrogens with one attached hydrogen (secondary N) is 2. The number of H-pyrrole nitrogens is 1. The molecule has 5 aromatic rings. The van der Waals surface area contributed by atoms with E-state index in [2.05, 4.69) is 25.4 Å². The van der Waals surface area contributed by atoms with Crippen molar-refractivity contribution in [2.75, 3.05) is 18.4 Å². The topological polar surface area (TPSA) is 73.9 Å². The monoisotopic (exact) mass is 541 g/mol. The van der Waals surface area contributed by atoms with Gasteiger partial charge in [0.25, 0.3) is 5.91 Å². The van der Waals surface area contributed by atoms with Gasteiger partial charge in [0.15, 0.2) is 17.3 Å². The molecular formula is C31H26F3N5O. The number of pyridine rings is 1. The third kappa shape index (κ3) is 5.33. The first-order chi connectivity index (χ1) is 19.4. The van der Waals surface area contributed by atoms with E-state index in [-0.39, 0.29) is 17.1 Å². The minimum Gasteiger partial charge on any atom is -0.319 e. The Morgan fingerprint density at radius 2 is 1.68 bits per heavy atom. The second-order valence-corrected chi connectivity index (χ2v) is 10.0. The predicted octanol–water partition coefficient (Wildman–Crippen LogP) is 6.95. The number of aromatic amines is 1. The van der Waals surface area contributed by atoms with Gasteiger partial charge in [-0.3, -0.25) is 19.8 Å². The molecule has 2 N–H and O–H groups in total. The fourth-order valence-corrected chi connectivity index (χ4v) is 5.13. The number of halogens is 3. The largest absolute Gasteiger partial charge is 0.319 e. The summed E-state index contributed by atoms with van der Waals surface area (Å²) in [6, 6.07) is 17.3. The maximum atomic E-state index is 15.0. The molecule has 0 bridgehead atoms. The number of hydrogen-bond donors (Lipinski definition) is 2. The predicted molar refractivity (Wildman–Crippen MR) is 148 cm³/mol. The second kappa shape index (κ2) is 10.9. The zero-order chi connectivity index (χ0) is 27.6. The van der Waals surface area contributed by atoms with Gasteiger partial charge in [0.2, 0.25) is 0 Å². The molecule has 1 aliphatic heterocycles. The highest BCUT2D eigenvalue weighted by Crippen LogP contribution is 2.31. The third-order valence-corrected chi connectivity index (χ3v) is 7.19. The van der Waals surface area contributed by atoms with Crippen LogP contribution in [-0.2, 0) is 6.54 Å². The highest BCUT2D eigenvalue weighted by molar-refractivity contribution is 6.11. The molecule has 40 heavy (non-hydrogen) atoms. The zero-order valence-corrected chi connectivity index (χ0v) is 21.6. The second-order valence-electron chi connectivity index (χ2n) is 10.0. The first-order valence-corrected chi connectivity index (χ1v) is 13.2. The van der Waals surface area contributed by atoms with Gasteiger partial charge in [0, 0.05) is 23.1 Å². The summed E-state index contributed by atoms with van der Waals surface area (Å²) in [5, 5.41) is 10.2. The van der Waals surface area contributed by atoms with Gasteiger partial charge in [-0.2, -0.15) is 5.10 Å². The Labute approximate surface area is 228 Å². The summed E-state index contributed by atoms with van der Waals surface area (Å²) in [7, 11) is 0. The Morgan fingerprint density at radius 1 is 0.900 bits per heavy atom. The molecule has 202 valence electrons. The summed E-state index contributed by atoms with van der Waals surface area (Å²) in [6.45, 7) is 2.44. The van der Waals surface area contributed by atoms with E-state index >= 15 is 0 Å². The molecule has 0 saturated carbocycles. The Hall–Kier alpha value is -4.50. The van der Waals surface area contributed by atoms with Crippen LogP contribution in [0, 0.1) is 17.5 Å². The first-order valence-electron chi connectivity index (χ1n) is 13.2. The van der Waals surface area contributed by atoms with Gasteiger partial charge in [-0.05, 0) is 97.7 Å². The molecule has 0 atom stereocenters. The maximum absolute atomic E-state index is 15.0. The minimum atomic E-state index is -0.927. The van der Waals surface area contributed by atoms with Crippen LogP contribution < -0.4 is 5.32 Å². The van der Waals surface area contributed by atoms with Crippen molar-refractivity contribution in [3.05, 3.63) is 102 Å². The SMILES string of the molecule is O=C(Nc1ccc(-c2ccc(F)cc2)nc1)c1n[nH]c2ccc(-c3cc(CN4CCCCC4)cc(F)c3F)cc12. The van der Waals surface area contributed by atoms with Crippen molar-refractivity contribution in [3.8, 4) is 22.4 Å². The van der Waals surface area contributed by atoms with E-state index in [4.69, 9.17) is 0 Å². The number of aromatic nitrogens is 3. The van der Waals surface area contributed by atoms with E-state index < -0.39 is 17.5 Å². The molecule has 0 aliphatic carbocycles. The lowest BCUT2D eigenvalue weighted by atomic mass is 9.99. The summed E-state index contributed by atoms with van der Waals surface area (Å²) in [5.41, 5.74) is 3.82. The quantitative estimate of drug-likeness (QED) is 0.244. The number of carbonyl (C=O) groups excluding carboxylic acids is 1. The lowest BCUT2D eigenvalue weighted by molar-refractivity contribution is 0.102. The first kappa shape index (κ1) is 25.8. The molecule has 1 aliphatic rings. The van der Waals surface area contributed by atoms with Gasteiger partial charge in [0.1, 0.15) is 5.82 Å².